The fraction of sp³-hybridized carbons (Fsp3) is 0.625. The molecule has 0 radical (unpaired) electrons. The van der Waals surface area contributed by atoms with Crippen LogP contribution in [-0.4, -0.2) is 37.6 Å². The lowest BCUT2D eigenvalue weighted by atomic mass is 9.96. The maximum Gasteiger partial charge on any atom is 0.222 e. The van der Waals surface area contributed by atoms with Gasteiger partial charge >= 0.3 is 0 Å². The number of carbonyl (C=O) groups is 1. The minimum atomic E-state index is 0.156. The minimum absolute atomic E-state index is 0.156. The predicted octanol–water partition coefficient (Wildman–Crippen LogP) is 1.54. The SMILES string of the molecule is CCCNCc1ccc(N2CCC(C(=O)NC)CC2)nc1. The molecule has 0 saturated carbocycles. The van der Waals surface area contributed by atoms with Crippen molar-refractivity contribution in [1.29, 1.82) is 0 Å². The molecule has 0 unspecified atom stereocenters. The van der Waals surface area contributed by atoms with Crippen LogP contribution in [0.1, 0.15) is 31.7 Å². The van der Waals surface area contributed by atoms with Crippen molar-refractivity contribution in [3.8, 4) is 0 Å². The topological polar surface area (TPSA) is 57.3 Å². The lowest BCUT2D eigenvalue weighted by molar-refractivity contribution is -0.125. The van der Waals surface area contributed by atoms with Crippen molar-refractivity contribution in [2.45, 2.75) is 32.7 Å². The van der Waals surface area contributed by atoms with Crippen LogP contribution in [0.15, 0.2) is 18.3 Å². The number of nitrogens with zero attached hydrogens (tertiary/aromatic N) is 2. The molecule has 1 aromatic rings. The average Bonchev–Trinajstić information content (AvgIpc) is 2.55. The Hall–Kier alpha value is -1.62. The van der Waals surface area contributed by atoms with Gasteiger partial charge in [-0.15, -0.1) is 0 Å². The summed E-state index contributed by atoms with van der Waals surface area (Å²) in [7, 11) is 1.71. The fourth-order valence-electron chi connectivity index (χ4n) is 2.69. The molecule has 116 valence electrons. The molecule has 2 rings (SSSR count). The second kappa shape index (κ2) is 7.98. The average molecular weight is 290 g/mol. The van der Waals surface area contributed by atoms with Crippen LogP contribution in [0, 0.1) is 5.92 Å². The fourth-order valence-corrected chi connectivity index (χ4v) is 2.69. The molecule has 5 nitrogen and oxygen atoms in total. The van der Waals surface area contributed by atoms with Gasteiger partial charge in [0.1, 0.15) is 5.82 Å². The molecule has 1 saturated heterocycles. The number of nitrogens with one attached hydrogen (secondary N) is 2. The number of carbonyl (C=O) groups excluding carboxylic acids is 1. The number of hydrogen-bond acceptors (Lipinski definition) is 4. The van der Waals surface area contributed by atoms with Crippen molar-refractivity contribution in [1.82, 2.24) is 15.6 Å². The lowest BCUT2D eigenvalue weighted by Gasteiger charge is -2.32. The number of anilines is 1. The van der Waals surface area contributed by atoms with Crippen molar-refractivity contribution >= 4 is 11.7 Å². The normalized spacial score (nSPS) is 16.0. The summed E-state index contributed by atoms with van der Waals surface area (Å²) in [5.41, 5.74) is 1.22. The van der Waals surface area contributed by atoms with Crippen LogP contribution in [0.25, 0.3) is 0 Å². The van der Waals surface area contributed by atoms with E-state index in [1.165, 1.54) is 5.56 Å². The molecule has 5 heteroatoms. The van der Waals surface area contributed by atoms with Gasteiger partial charge in [-0.05, 0) is 37.4 Å². The van der Waals surface area contributed by atoms with E-state index in [0.717, 1.165) is 51.3 Å². The highest BCUT2D eigenvalue weighted by molar-refractivity contribution is 5.78. The van der Waals surface area contributed by atoms with Gasteiger partial charge in [0.2, 0.25) is 5.91 Å². The third kappa shape index (κ3) is 4.43. The summed E-state index contributed by atoms with van der Waals surface area (Å²) in [4.78, 5) is 18.5. The van der Waals surface area contributed by atoms with E-state index in [1.54, 1.807) is 7.05 Å². The van der Waals surface area contributed by atoms with Gasteiger partial charge in [0, 0.05) is 38.8 Å². The van der Waals surface area contributed by atoms with Crippen LogP contribution in [0.4, 0.5) is 5.82 Å². The van der Waals surface area contributed by atoms with E-state index in [-0.39, 0.29) is 11.8 Å². The molecule has 0 bridgehead atoms. The van der Waals surface area contributed by atoms with Gasteiger partial charge in [-0.3, -0.25) is 4.79 Å². The van der Waals surface area contributed by atoms with E-state index in [4.69, 9.17) is 0 Å². The Morgan fingerprint density at radius 3 is 2.71 bits per heavy atom. The molecule has 0 atom stereocenters. The molecule has 0 aromatic carbocycles. The van der Waals surface area contributed by atoms with Crippen LogP contribution < -0.4 is 15.5 Å². The zero-order valence-electron chi connectivity index (χ0n) is 13.1. The van der Waals surface area contributed by atoms with E-state index in [9.17, 15) is 4.79 Å². The van der Waals surface area contributed by atoms with Gasteiger partial charge in [-0.2, -0.15) is 0 Å². The third-order valence-corrected chi connectivity index (χ3v) is 4.00. The molecule has 0 aliphatic carbocycles. The van der Waals surface area contributed by atoms with Gasteiger partial charge in [0.25, 0.3) is 0 Å². The highest BCUT2D eigenvalue weighted by atomic mass is 16.1. The van der Waals surface area contributed by atoms with E-state index >= 15 is 0 Å². The zero-order valence-corrected chi connectivity index (χ0v) is 13.1. The van der Waals surface area contributed by atoms with Gasteiger partial charge in [-0.25, -0.2) is 4.98 Å². The molecule has 1 aliphatic rings. The van der Waals surface area contributed by atoms with Crippen molar-refractivity contribution in [3.63, 3.8) is 0 Å². The first-order chi connectivity index (χ1) is 10.2. The molecule has 21 heavy (non-hydrogen) atoms. The first-order valence-electron chi connectivity index (χ1n) is 7.86. The summed E-state index contributed by atoms with van der Waals surface area (Å²) in [6, 6.07) is 4.22. The van der Waals surface area contributed by atoms with E-state index in [1.807, 2.05) is 6.20 Å². The second-order valence-corrected chi connectivity index (χ2v) is 5.58. The molecule has 1 amide bonds. The first-order valence-corrected chi connectivity index (χ1v) is 7.86. The van der Waals surface area contributed by atoms with Crippen molar-refractivity contribution in [2.24, 2.45) is 5.92 Å². The molecule has 1 aromatic heterocycles. The number of rotatable bonds is 6. The highest BCUT2D eigenvalue weighted by Gasteiger charge is 2.24. The summed E-state index contributed by atoms with van der Waals surface area (Å²) in [5, 5.41) is 6.12. The largest absolute Gasteiger partial charge is 0.359 e. The minimum Gasteiger partial charge on any atom is -0.359 e. The summed E-state index contributed by atoms with van der Waals surface area (Å²) < 4.78 is 0. The van der Waals surface area contributed by atoms with Crippen molar-refractivity contribution in [2.75, 3.05) is 31.6 Å². The van der Waals surface area contributed by atoms with Crippen LogP contribution in [0.2, 0.25) is 0 Å². The number of hydrogen-bond donors (Lipinski definition) is 2. The Bertz CT molecular complexity index is 438. The Labute approximate surface area is 127 Å². The Morgan fingerprint density at radius 2 is 2.14 bits per heavy atom. The molecular weight excluding hydrogens is 264 g/mol. The molecule has 2 N–H and O–H groups in total. The molecule has 1 fully saturated rings. The monoisotopic (exact) mass is 290 g/mol. The van der Waals surface area contributed by atoms with Gasteiger partial charge in [0.05, 0.1) is 0 Å². The molecule has 1 aliphatic heterocycles. The maximum atomic E-state index is 11.6. The van der Waals surface area contributed by atoms with E-state index < -0.39 is 0 Å². The van der Waals surface area contributed by atoms with Gasteiger partial charge < -0.3 is 15.5 Å². The first kappa shape index (κ1) is 15.8. The Balaban J connectivity index is 1.84. The maximum absolute atomic E-state index is 11.6. The van der Waals surface area contributed by atoms with Crippen molar-refractivity contribution < 1.29 is 4.79 Å². The standard InChI is InChI=1S/C16H26N4O/c1-3-8-18-11-13-4-5-15(19-12-13)20-9-6-14(7-10-20)16(21)17-2/h4-5,12,14,18H,3,6-11H2,1-2H3,(H,17,21). The zero-order chi connectivity index (χ0) is 15.1. The highest BCUT2D eigenvalue weighted by Crippen LogP contribution is 2.21. The van der Waals surface area contributed by atoms with Gasteiger partial charge in [-0.1, -0.05) is 13.0 Å². The lowest BCUT2D eigenvalue weighted by Crippen LogP contribution is -2.39. The summed E-state index contributed by atoms with van der Waals surface area (Å²) in [6.07, 6.45) is 4.90. The van der Waals surface area contributed by atoms with E-state index in [0.29, 0.717) is 0 Å². The summed E-state index contributed by atoms with van der Waals surface area (Å²) in [6.45, 7) is 5.88. The summed E-state index contributed by atoms with van der Waals surface area (Å²) >= 11 is 0. The number of piperidine rings is 1. The molecular formula is C16H26N4O. The Morgan fingerprint density at radius 1 is 1.38 bits per heavy atom. The quantitative estimate of drug-likeness (QED) is 0.780. The van der Waals surface area contributed by atoms with Crippen LogP contribution >= 0.6 is 0 Å². The van der Waals surface area contributed by atoms with E-state index in [2.05, 4.69) is 39.6 Å². The number of amides is 1. The smallest absolute Gasteiger partial charge is 0.222 e. The second-order valence-electron chi connectivity index (χ2n) is 5.58. The summed E-state index contributed by atoms with van der Waals surface area (Å²) in [5.74, 6) is 1.34. The number of aromatic nitrogens is 1. The molecule has 2 heterocycles. The third-order valence-electron chi connectivity index (χ3n) is 4.00. The van der Waals surface area contributed by atoms with Crippen LogP contribution in [0.5, 0.6) is 0 Å². The van der Waals surface area contributed by atoms with Gasteiger partial charge in [0.15, 0.2) is 0 Å². The van der Waals surface area contributed by atoms with Crippen LogP contribution in [0.3, 0.4) is 0 Å². The number of pyridine rings is 1. The van der Waals surface area contributed by atoms with Crippen LogP contribution in [-0.2, 0) is 11.3 Å². The van der Waals surface area contributed by atoms with Crippen molar-refractivity contribution in [3.05, 3.63) is 23.9 Å². The Kier molecular flexibility index (Phi) is 5.99. The molecule has 0 spiro atoms. The predicted molar refractivity (Wildman–Crippen MR) is 85.2 cm³/mol.